The molecule has 6 heteroatoms. The molecule has 6 nitrogen and oxygen atoms in total. The number of piperidine rings is 1. The van der Waals surface area contributed by atoms with Crippen molar-refractivity contribution in [2.45, 2.75) is 45.6 Å². The van der Waals surface area contributed by atoms with Crippen molar-refractivity contribution in [2.75, 3.05) is 19.6 Å². The van der Waals surface area contributed by atoms with Crippen molar-refractivity contribution in [3.8, 4) is 0 Å². The molecule has 2 amide bonds. The Balaban J connectivity index is 1.53. The second-order valence-electron chi connectivity index (χ2n) is 7.57. The molecule has 2 bridgehead atoms. The first-order valence-corrected chi connectivity index (χ1v) is 9.58. The summed E-state index contributed by atoms with van der Waals surface area (Å²) in [7, 11) is 0. The Morgan fingerprint density at radius 2 is 2.15 bits per heavy atom. The van der Waals surface area contributed by atoms with E-state index in [0.717, 1.165) is 42.7 Å². The molecule has 2 aromatic heterocycles. The predicted molar refractivity (Wildman–Crippen MR) is 98.7 cm³/mol. The third-order valence-corrected chi connectivity index (χ3v) is 5.75. The molecule has 0 radical (unpaired) electrons. The number of carbonyl (C=O) groups is 2. The Morgan fingerprint density at radius 3 is 2.96 bits per heavy atom. The van der Waals surface area contributed by atoms with Crippen LogP contribution in [0.4, 0.5) is 0 Å². The lowest BCUT2D eigenvalue weighted by Gasteiger charge is -2.35. The second-order valence-corrected chi connectivity index (χ2v) is 7.57. The van der Waals surface area contributed by atoms with E-state index in [1.807, 2.05) is 39.5 Å². The molecule has 5 rings (SSSR count). The van der Waals surface area contributed by atoms with Crippen molar-refractivity contribution >= 4 is 17.5 Å². The third-order valence-electron chi connectivity index (χ3n) is 5.75. The fraction of sp³-hybridized carbons (Fsp3) is 0.550. The number of aryl methyl sites for hydroxylation is 1. The number of imidazole rings is 1. The first-order chi connectivity index (χ1) is 12.6. The Hall–Kier alpha value is -2.37. The molecule has 0 aliphatic carbocycles. The SMILES string of the molecule is CCCN1C(=O)[C@H]2CC[C@@H]1CN(C(=O)Cc1cnc3c(C)cccn13)C2. The minimum atomic E-state index is -0.0336. The maximum Gasteiger partial charge on any atom is 0.228 e. The van der Waals surface area contributed by atoms with E-state index in [2.05, 4.69) is 11.9 Å². The minimum Gasteiger partial charge on any atom is -0.339 e. The van der Waals surface area contributed by atoms with Gasteiger partial charge in [-0.1, -0.05) is 13.0 Å². The molecule has 2 aromatic rings. The van der Waals surface area contributed by atoms with Crippen LogP contribution in [0.2, 0.25) is 0 Å². The normalized spacial score (nSPS) is 22.9. The molecule has 0 aromatic carbocycles. The second kappa shape index (κ2) is 6.74. The lowest BCUT2D eigenvalue weighted by molar-refractivity contribution is -0.139. The first kappa shape index (κ1) is 17.1. The van der Waals surface area contributed by atoms with Gasteiger partial charge in [-0.2, -0.15) is 0 Å². The number of hydrogen-bond acceptors (Lipinski definition) is 3. The van der Waals surface area contributed by atoms with Crippen LogP contribution in [0.15, 0.2) is 24.5 Å². The molecular weight excluding hydrogens is 328 g/mol. The van der Waals surface area contributed by atoms with Crippen LogP contribution in [-0.4, -0.2) is 56.7 Å². The Bertz CT molecular complexity index is 843. The predicted octanol–water partition coefficient (Wildman–Crippen LogP) is 2.04. The highest BCUT2D eigenvalue weighted by atomic mass is 16.2. The van der Waals surface area contributed by atoms with Gasteiger partial charge in [-0.25, -0.2) is 4.98 Å². The van der Waals surface area contributed by atoms with Gasteiger partial charge >= 0.3 is 0 Å². The summed E-state index contributed by atoms with van der Waals surface area (Å²) in [6.07, 6.45) is 6.95. The molecule has 0 saturated carbocycles. The van der Waals surface area contributed by atoms with Crippen LogP contribution in [-0.2, 0) is 16.0 Å². The van der Waals surface area contributed by atoms with Gasteiger partial charge in [0.05, 0.1) is 18.0 Å². The lowest BCUT2D eigenvalue weighted by atomic mass is 9.94. The van der Waals surface area contributed by atoms with Crippen LogP contribution in [0.3, 0.4) is 0 Å². The van der Waals surface area contributed by atoms with Crippen LogP contribution in [0.5, 0.6) is 0 Å². The third kappa shape index (κ3) is 2.87. The number of rotatable bonds is 4. The fourth-order valence-electron chi connectivity index (χ4n) is 4.38. The largest absolute Gasteiger partial charge is 0.339 e. The molecule has 3 fully saturated rings. The monoisotopic (exact) mass is 354 g/mol. The minimum absolute atomic E-state index is 0.0336. The van der Waals surface area contributed by atoms with Crippen molar-refractivity contribution in [2.24, 2.45) is 5.92 Å². The van der Waals surface area contributed by atoms with Gasteiger partial charge in [-0.15, -0.1) is 0 Å². The Morgan fingerprint density at radius 1 is 1.31 bits per heavy atom. The maximum atomic E-state index is 13.0. The maximum absolute atomic E-state index is 13.0. The molecular formula is C20H26N4O2. The molecule has 3 aliphatic rings. The van der Waals surface area contributed by atoms with Gasteiger partial charge in [0.15, 0.2) is 0 Å². The van der Waals surface area contributed by atoms with Crippen molar-refractivity contribution in [1.82, 2.24) is 19.2 Å². The highest BCUT2D eigenvalue weighted by Crippen LogP contribution is 2.29. The summed E-state index contributed by atoms with van der Waals surface area (Å²) in [6, 6.07) is 4.18. The zero-order valence-corrected chi connectivity index (χ0v) is 15.5. The van der Waals surface area contributed by atoms with E-state index in [9.17, 15) is 9.59 Å². The van der Waals surface area contributed by atoms with Crippen molar-refractivity contribution < 1.29 is 9.59 Å². The molecule has 138 valence electrons. The van der Waals surface area contributed by atoms with Gasteiger partial charge in [0.25, 0.3) is 0 Å². The number of nitrogens with zero attached hydrogens (tertiary/aromatic N) is 4. The van der Waals surface area contributed by atoms with Gasteiger partial charge in [0.2, 0.25) is 11.8 Å². The summed E-state index contributed by atoms with van der Waals surface area (Å²) >= 11 is 0. The summed E-state index contributed by atoms with van der Waals surface area (Å²) in [5.41, 5.74) is 2.90. The van der Waals surface area contributed by atoms with Gasteiger partial charge in [-0.05, 0) is 37.8 Å². The van der Waals surface area contributed by atoms with Gasteiger partial charge < -0.3 is 14.2 Å². The molecule has 26 heavy (non-hydrogen) atoms. The van der Waals surface area contributed by atoms with Crippen LogP contribution < -0.4 is 0 Å². The number of hydrogen-bond donors (Lipinski definition) is 0. The number of pyridine rings is 1. The number of fused-ring (bicyclic) bond motifs is 5. The van der Waals surface area contributed by atoms with Crippen LogP contribution in [0.25, 0.3) is 5.65 Å². The Kier molecular flexibility index (Phi) is 4.42. The summed E-state index contributed by atoms with van der Waals surface area (Å²) < 4.78 is 1.99. The van der Waals surface area contributed by atoms with E-state index in [1.165, 1.54) is 0 Å². The van der Waals surface area contributed by atoms with Crippen LogP contribution in [0.1, 0.15) is 37.4 Å². The van der Waals surface area contributed by atoms with E-state index < -0.39 is 0 Å². The topological polar surface area (TPSA) is 57.9 Å². The zero-order chi connectivity index (χ0) is 18.3. The lowest BCUT2D eigenvalue weighted by Crippen LogP contribution is -2.48. The molecule has 5 heterocycles. The highest BCUT2D eigenvalue weighted by molar-refractivity contribution is 5.84. The van der Waals surface area contributed by atoms with Crippen LogP contribution >= 0.6 is 0 Å². The standard InChI is InChI=1S/C20H26N4O2/c1-3-8-24-16-7-6-15(20(24)26)12-22(13-16)18(25)10-17-11-21-19-14(2)5-4-9-23(17)19/h4-5,9,11,15-16H,3,6-8,10,12-13H2,1-2H3/t15-,16+/m0/s1. The highest BCUT2D eigenvalue weighted by Gasteiger charge is 2.41. The summed E-state index contributed by atoms with van der Waals surface area (Å²) in [5.74, 6) is 0.300. The fourth-order valence-corrected chi connectivity index (χ4v) is 4.38. The molecule has 0 N–H and O–H groups in total. The molecule has 3 saturated heterocycles. The molecule has 0 spiro atoms. The van der Waals surface area contributed by atoms with Gasteiger partial charge in [0.1, 0.15) is 5.65 Å². The number of amides is 2. The van der Waals surface area contributed by atoms with Gasteiger partial charge in [0, 0.05) is 38.1 Å². The van der Waals surface area contributed by atoms with E-state index in [0.29, 0.717) is 19.5 Å². The smallest absolute Gasteiger partial charge is 0.228 e. The average Bonchev–Trinajstić information content (AvgIpc) is 2.84. The first-order valence-electron chi connectivity index (χ1n) is 9.58. The van der Waals surface area contributed by atoms with E-state index >= 15 is 0 Å². The zero-order valence-electron chi connectivity index (χ0n) is 15.5. The molecule has 3 aliphatic heterocycles. The summed E-state index contributed by atoms with van der Waals surface area (Å²) in [4.78, 5) is 34.0. The van der Waals surface area contributed by atoms with Crippen molar-refractivity contribution in [1.29, 1.82) is 0 Å². The van der Waals surface area contributed by atoms with E-state index in [4.69, 9.17) is 0 Å². The van der Waals surface area contributed by atoms with Crippen molar-refractivity contribution in [3.63, 3.8) is 0 Å². The molecule has 2 atom stereocenters. The number of aromatic nitrogens is 2. The van der Waals surface area contributed by atoms with Gasteiger partial charge in [-0.3, -0.25) is 9.59 Å². The van der Waals surface area contributed by atoms with Crippen molar-refractivity contribution in [3.05, 3.63) is 35.8 Å². The summed E-state index contributed by atoms with van der Waals surface area (Å²) in [5, 5.41) is 0. The average molecular weight is 354 g/mol. The number of carbonyl (C=O) groups excluding carboxylic acids is 2. The summed E-state index contributed by atoms with van der Waals surface area (Å²) in [6.45, 7) is 6.14. The molecule has 0 unspecified atom stereocenters. The quantitative estimate of drug-likeness (QED) is 0.844. The van der Waals surface area contributed by atoms with E-state index in [-0.39, 0.29) is 23.8 Å². The Labute approximate surface area is 153 Å². The van der Waals surface area contributed by atoms with Crippen LogP contribution in [0, 0.1) is 12.8 Å². The van der Waals surface area contributed by atoms with E-state index in [1.54, 1.807) is 6.20 Å².